The van der Waals surface area contributed by atoms with Gasteiger partial charge < -0.3 is 24.1 Å². The van der Waals surface area contributed by atoms with Crippen LogP contribution in [0.25, 0.3) is 0 Å². The molecule has 0 aromatic heterocycles. The summed E-state index contributed by atoms with van der Waals surface area (Å²) in [5.41, 5.74) is 3.24. The largest absolute Gasteiger partial charge is 0.507 e. The van der Waals surface area contributed by atoms with Gasteiger partial charge in [-0.25, -0.2) is 4.79 Å². The normalized spacial score (nSPS) is 13.9. The van der Waals surface area contributed by atoms with Gasteiger partial charge in [-0.2, -0.15) is 0 Å². The Morgan fingerprint density at radius 1 is 0.884 bits per heavy atom. The third-order valence-corrected chi connectivity index (χ3v) is 7.40. The number of carbonyl (C=O) groups is 3. The molecule has 0 radical (unpaired) electrons. The SMILES string of the molecule is CCCc1c(OCCCCCOc2cc3c(cc2C(C)=O)CCC(C(=O)OCc2ccccc2)O3)ccc(C(C)=O)c1O. The minimum atomic E-state index is -0.717. The molecule has 0 amide bonds. The highest BCUT2D eigenvalue weighted by atomic mass is 16.6. The first-order valence-corrected chi connectivity index (χ1v) is 14.9. The molecule has 0 bridgehead atoms. The third kappa shape index (κ3) is 8.37. The van der Waals surface area contributed by atoms with Gasteiger partial charge in [0.1, 0.15) is 29.6 Å². The van der Waals surface area contributed by atoms with E-state index in [1.165, 1.54) is 13.8 Å². The molecule has 0 saturated carbocycles. The van der Waals surface area contributed by atoms with E-state index < -0.39 is 12.1 Å². The lowest BCUT2D eigenvalue weighted by atomic mass is 9.98. The third-order valence-electron chi connectivity index (χ3n) is 7.40. The minimum absolute atomic E-state index is 0.00551. The maximum absolute atomic E-state index is 12.7. The molecule has 1 atom stereocenters. The molecule has 1 N–H and O–H groups in total. The Morgan fingerprint density at radius 2 is 1.58 bits per heavy atom. The summed E-state index contributed by atoms with van der Waals surface area (Å²) < 4.78 is 23.4. The first-order valence-electron chi connectivity index (χ1n) is 14.9. The van der Waals surface area contributed by atoms with E-state index in [2.05, 4.69) is 0 Å². The van der Waals surface area contributed by atoms with Crippen LogP contribution in [0, 0.1) is 0 Å². The summed E-state index contributed by atoms with van der Waals surface area (Å²) in [5, 5.41) is 10.5. The van der Waals surface area contributed by atoms with Gasteiger partial charge in [0.05, 0.1) is 24.3 Å². The monoisotopic (exact) mass is 588 g/mol. The van der Waals surface area contributed by atoms with Gasteiger partial charge in [0.25, 0.3) is 0 Å². The van der Waals surface area contributed by atoms with E-state index in [0.717, 1.165) is 36.8 Å². The van der Waals surface area contributed by atoms with E-state index in [0.29, 0.717) is 66.4 Å². The predicted octanol–water partition coefficient (Wildman–Crippen LogP) is 6.82. The molecule has 8 nitrogen and oxygen atoms in total. The number of carbonyl (C=O) groups excluding carboxylic acids is 3. The number of aryl methyl sites for hydroxylation is 1. The van der Waals surface area contributed by atoms with Gasteiger partial charge in [0.15, 0.2) is 17.7 Å². The van der Waals surface area contributed by atoms with Crippen LogP contribution < -0.4 is 14.2 Å². The van der Waals surface area contributed by atoms with Crippen LogP contribution in [0.2, 0.25) is 0 Å². The minimum Gasteiger partial charge on any atom is -0.507 e. The summed E-state index contributed by atoms with van der Waals surface area (Å²) in [6.45, 7) is 6.00. The second kappa shape index (κ2) is 15.2. The fourth-order valence-electron chi connectivity index (χ4n) is 5.07. The first-order chi connectivity index (χ1) is 20.8. The lowest BCUT2D eigenvalue weighted by Crippen LogP contribution is -2.33. The predicted molar refractivity (Wildman–Crippen MR) is 162 cm³/mol. The topological polar surface area (TPSA) is 108 Å². The van der Waals surface area contributed by atoms with E-state index in [9.17, 15) is 19.5 Å². The van der Waals surface area contributed by atoms with Crippen molar-refractivity contribution >= 4 is 17.5 Å². The van der Waals surface area contributed by atoms with Crippen molar-refractivity contribution in [2.45, 2.75) is 78.4 Å². The number of fused-ring (bicyclic) bond motifs is 1. The Bertz CT molecular complexity index is 1430. The maximum atomic E-state index is 12.7. The zero-order chi connectivity index (χ0) is 30.8. The molecule has 0 fully saturated rings. The Hall–Kier alpha value is -4.33. The lowest BCUT2D eigenvalue weighted by Gasteiger charge is -2.26. The Labute approximate surface area is 252 Å². The number of ether oxygens (including phenoxy) is 4. The van der Waals surface area contributed by atoms with Crippen LogP contribution in [-0.2, 0) is 29.0 Å². The highest BCUT2D eigenvalue weighted by molar-refractivity contribution is 5.98. The molecule has 0 aliphatic carbocycles. The Balaban J connectivity index is 1.27. The van der Waals surface area contributed by atoms with E-state index in [1.54, 1.807) is 24.3 Å². The molecule has 3 aromatic carbocycles. The van der Waals surface area contributed by atoms with E-state index in [1.807, 2.05) is 37.3 Å². The van der Waals surface area contributed by atoms with Gasteiger partial charge in [-0.3, -0.25) is 9.59 Å². The van der Waals surface area contributed by atoms with Gasteiger partial charge in [-0.1, -0.05) is 43.7 Å². The number of aromatic hydroxyl groups is 1. The molecule has 1 heterocycles. The number of phenolic OH excluding ortho intramolecular Hbond substituents is 1. The quantitative estimate of drug-likeness (QED) is 0.117. The van der Waals surface area contributed by atoms with Crippen molar-refractivity contribution in [2.24, 2.45) is 0 Å². The molecule has 4 rings (SSSR count). The molecule has 8 heteroatoms. The Kier molecular flexibility index (Phi) is 11.2. The zero-order valence-corrected chi connectivity index (χ0v) is 25.1. The second-order valence-corrected chi connectivity index (χ2v) is 10.8. The number of hydrogen-bond donors (Lipinski definition) is 1. The van der Waals surface area contributed by atoms with Crippen LogP contribution in [-0.4, -0.2) is 42.0 Å². The van der Waals surface area contributed by atoms with Crippen molar-refractivity contribution in [1.82, 2.24) is 0 Å². The van der Waals surface area contributed by atoms with Crippen LogP contribution in [0.3, 0.4) is 0 Å². The number of unbranched alkanes of at least 4 members (excludes halogenated alkanes) is 2. The van der Waals surface area contributed by atoms with Crippen molar-refractivity contribution in [1.29, 1.82) is 0 Å². The standard InChI is InChI=1S/C35H40O8/c1-4-11-28-30(17-15-27(23(2)36)34(28)38)40-18-9-6-10-19-41-33-21-32-26(20-29(33)24(3)37)14-16-31(43-32)35(39)42-22-25-12-7-5-8-13-25/h5,7-8,12-13,15,17,20-21,31,38H,4,6,9-11,14,16,18-19,22H2,1-3H3. The number of Topliss-reactive ketones (excluding diaryl/α,β-unsaturated/α-hetero) is 2. The van der Waals surface area contributed by atoms with E-state index >= 15 is 0 Å². The fourth-order valence-corrected chi connectivity index (χ4v) is 5.07. The number of esters is 1. The van der Waals surface area contributed by atoms with Crippen molar-refractivity contribution in [3.05, 3.63) is 82.4 Å². The molecule has 3 aromatic rings. The molecule has 0 saturated heterocycles. The highest BCUT2D eigenvalue weighted by Gasteiger charge is 2.29. The van der Waals surface area contributed by atoms with Crippen LogP contribution in [0.4, 0.5) is 0 Å². The van der Waals surface area contributed by atoms with Gasteiger partial charge in [0, 0.05) is 11.6 Å². The second-order valence-electron chi connectivity index (χ2n) is 10.8. The van der Waals surface area contributed by atoms with Crippen molar-refractivity contribution < 1.29 is 38.4 Å². The first kappa shape index (κ1) is 31.6. The Morgan fingerprint density at radius 3 is 2.26 bits per heavy atom. The molecule has 0 spiro atoms. The smallest absolute Gasteiger partial charge is 0.347 e. The molecular weight excluding hydrogens is 548 g/mol. The molecule has 1 aliphatic rings. The van der Waals surface area contributed by atoms with Crippen molar-refractivity contribution in [3.8, 4) is 23.0 Å². The van der Waals surface area contributed by atoms with Gasteiger partial charge >= 0.3 is 5.97 Å². The van der Waals surface area contributed by atoms with Crippen LogP contribution in [0.1, 0.15) is 90.3 Å². The highest BCUT2D eigenvalue weighted by Crippen LogP contribution is 2.36. The summed E-state index contributed by atoms with van der Waals surface area (Å²) in [6.07, 6.45) is 4.12. The lowest BCUT2D eigenvalue weighted by molar-refractivity contribution is -0.154. The van der Waals surface area contributed by atoms with Crippen LogP contribution in [0.15, 0.2) is 54.6 Å². The zero-order valence-electron chi connectivity index (χ0n) is 25.1. The fraction of sp³-hybridized carbons (Fsp3) is 0.400. The average Bonchev–Trinajstić information content (AvgIpc) is 3.00. The number of phenols is 1. The number of rotatable bonds is 15. The summed E-state index contributed by atoms with van der Waals surface area (Å²) in [6, 6.07) is 16.3. The van der Waals surface area contributed by atoms with Gasteiger partial charge in [0.2, 0.25) is 0 Å². The number of benzene rings is 3. The molecular formula is C35H40O8. The van der Waals surface area contributed by atoms with Crippen molar-refractivity contribution in [3.63, 3.8) is 0 Å². The van der Waals surface area contributed by atoms with E-state index in [-0.39, 0.29) is 23.9 Å². The van der Waals surface area contributed by atoms with E-state index in [4.69, 9.17) is 18.9 Å². The average molecular weight is 589 g/mol. The van der Waals surface area contributed by atoms with Crippen LogP contribution in [0.5, 0.6) is 23.0 Å². The van der Waals surface area contributed by atoms with Gasteiger partial charge in [-0.05, 0) is 81.7 Å². The maximum Gasteiger partial charge on any atom is 0.347 e. The summed E-state index contributed by atoms with van der Waals surface area (Å²) in [7, 11) is 0. The van der Waals surface area contributed by atoms with Crippen LogP contribution >= 0.6 is 0 Å². The molecule has 228 valence electrons. The number of hydrogen-bond acceptors (Lipinski definition) is 8. The van der Waals surface area contributed by atoms with Gasteiger partial charge in [-0.15, -0.1) is 0 Å². The molecule has 1 unspecified atom stereocenters. The molecule has 1 aliphatic heterocycles. The molecule has 43 heavy (non-hydrogen) atoms. The van der Waals surface area contributed by atoms with Crippen molar-refractivity contribution in [2.75, 3.05) is 13.2 Å². The summed E-state index contributed by atoms with van der Waals surface area (Å²) in [5.74, 6) is 0.878. The summed E-state index contributed by atoms with van der Waals surface area (Å²) >= 11 is 0. The number of ketones is 2. The summed E-state index contributed by atoms with van der Waals surface area (Å²) in [4.78, 5) is 36.8.